The van der Waals surface area contributed by atoms with Crippen LogP contribution in [0.5, 0.6) is 0 Å². The van der Waals surface area contributed by atoms with Gasteiger partial charge in [-0.1, -0.05) is 10.2 Å². The lowest BCUT2D eigenvalue weighted by molar-refractivity contribution is -0.0445. The SMILES string of the molecule is CCOC(COCCOCC(N=[N+]=[N-])OCC)N=[N+]=[N-]. The third-order valence-electron chi connectivity index (χ3n) is 1.97. The molecule has 0 spiro atoms. The summed E-state index contributed by atoms with van der Waals surface area (Å²) in [6.07, 6.45) is -1.27. The van der Waals surface area contributed by atoms with Gasteiger partial charge >= 0.3 is 0 Å². The molecule has 114 valence electrons. The van der Waals surface area contributed by atoms with Crippen molar-refractivity contribution in [1.29, 1.82) is 0 Å². The smallest absolute Gasteiger partial charge is 0.159 e. The van der Waals surface area contributed by atoms with Gasteiger partial charge in [-0.3, -0.25) is 0 Å². The minimum absolute atomic E-state index is 0.159. The monoisotopic (exact) mass is 288 g/mol. The van der Waals surface area contributed by atoms with Crippen LogP contribution in [0.1, 0.15) is 13.8 Å². The quantitative estimate of drug-likeness (QED) is 0.222. The molecule has 0 saturated heterocycles. The third kappa shape index (κ3) is 10.4. The Bertz CT molecular complexity index is 298. The highest BCUT2D eigenvalue weighted by Crippen LogP contribution is 1.98. The molecule has 2 atom stereocenters. The van der Waals surface area contributed by atoms with Gasteiger partial charge in [-0.25, -0.2) is 0 Å². The predicted octanol–water partition coefficient (Wildman–Crippen LogP) is 2.37. The van der Waals surface area contributed by atoms with Crippen LogP contribution in [-0.4, -0.2) is 52.1 Å². The lowest BCUT2D eigenvalue weighted by atomic mass is 10.6. The van der Waals surface area contributed by atoms with E-state index in [-0.39, 0.29) is 13.2 Å². The Morgan fingerprint density at radius 2 is 1.25 bits per heavy atom. The molecule has 0 aliphatic heterocycles. The standard InChI is InChI=1S/C10H20N6O4/c1-3-19-9(13-15-11)7-17-5-6-18-8-10(14-16-12)20-4-2/h9-10H,3-8H2,1-2H3. The normalized spacial score (nSPS) is 13.1. The first-order valence-electron chi connectivity index (χ1n) is 6.25. The molecule has 0 amide bonds. The second-order valence-corrected chi connectivity index (χ2v) is 3.38. The molecule has 2 unspecified atom stereocenters. The van der Waals surface area contributed by atoms with Crippen molar-refractivity contribution in [2.75, 3.05) is 39.6 Å². The Kier molecular flexibility index (Phi) is 12.8. The van der Waals surface area contributed by atoms with Crippen LogP contribution < -0.4 is 0 Å². The van der Waals surface area contributed by atoms with Crippen molar-refractivity contribution in [3.05, 3.63) is 20.9 Å². The molecule has 0 aromatic heterocycles. The lowest BCUT2D eigenvalue weighted by Crippen LogP contribution is -2.21. The molecular weight excluding hydrogens is 268 g/mol. The summed E-state index contributed by atoms with van der Waals surface area (Å²) < 4.78 is 20.7. The van der Waals surface area contributed by atoms with Crippen molar-refractivity contribution in [2.24, 2.45) is 10.2 Å². The second-order valence-electron chi connectivity index (χ2n) is 3.38. The van der Waals surface area contributed by atoms with Crippen molar-refractivity contribution >= 4 is 0 Å². The minimum Gasteiger partial charge on any atom is -0.376 e. The molecule has 0 radical (unpaired) electrons. The van der Waals surface area contributed by atoms with E-state index in [1.165, 1.54) is 0 Å². The lowest BCUT2D eigenvalue weighted by Gasteiger charge is -2.13. The summed E-state index contributed by atoms with van der Waals surface area (Å²) in [5.74, 6) is 0. The van der Waals surface area contributed by atoms with Crippen molar-refractivity contribution in [3.63, 3.8) is 0 Å². The molecule has 0 bridgehead atoms. The molecular formula is C10H20N6O4. The van der Waals surface area contributed by atoms with E-state index in [2.05, 4.69) is 20.1 Å². The Balaban J connectivity index is 3.69. The van der Waals surface area contributed by atoms with Gasteiger partial charge in [-0.15, -0.1) is 0 Å². The van der Waals surface area contributed by atoms with Crippen LogP contribution in [0, 0.1) is 0 Å². The van der Waals surface area contributed by atoms with Gasteiger partial charge in [0.25, 0.3) is 0 Å². The van der Waals surface area contributed by atoms with E-state index in [1.54, 1.807) is 13.8 Å². The topological polar surface area (TPSA) is 134 Å². The Labute approximate surface area is 117 Å². The molecule has 0 saturated carbocycles. The summed E-state index contributed by atoms with van der Waals surface area (Å²) in [6, 6.07) is 0. The molecule has 20 heavy (non-hydrogen) atoms. The van der Waals surface area contributed by atoms with E-state index in [9.17, 15) is 0 Å². The van der Waals surface area contributed by atoms with Gasteiger partial charge < -0.3 is 18.9 Å². The first kappa shape index (κ1) is 18.5. The first-order valence-corrected chi connectivity index (χ1v) is 6.25. The average Bonchev–Trinajstić information content (AvgIpc) is 2.43. The zero-order valence-electron chi connectivity index (χ0n) is 11.7. The number of rotatable bonds is 13. The number of nitrogens with zero attached hydrogens (tertiary/aromatic N) is 6. The Morgan fingerprint density at radius 1 is 0.850 bits per heavy atom. The highest BCUT2D eigenvalue weighted by molar-refractivity contribution is 4.55. The van der Waals surface area contributed by atoms with Crippen molar-refractivity contribution < 1.29 is 18.9 Å². The van der Waals surface area contributed by atoms with E-state index >= 15 is 0 Å². The van der Waals surface area contributed by atoms with Gasteiger partial charge in [0.2, 0.25) is 0 Å². The molecule has 0 rings (SSSR count). The summed E-state index contributed by atoms with van der Waals surface area (Å²) in [5.41, 5.74) is 16.6. The first-order chi connectivity index (χ1) is 9.78. The van der Waals surface area contributed by atoms with Gasteiger partial charge in [0.1, 0.15) is 0 Å². The maximum atomic E-state index is 8.31. The molecule has 0 aliphatic carbocycles. The average molecular weight is 288 g/mol. The van der Waals surface area contributed by atoms with E-state index in [0.29, 0.717) is 26.4 Å². The molecule has 0 fully saturated rings. The number of ether oxygens (including phenoxy) is 4. The van der Waals surface area contributed by atoms with E-state index in [1.807, 2.05) is 0 Å². The summed E-state index contributed by atoms with van der Waals surface area (Å²) in [5, 5.41) is 6.85. The molecule has 0 aromatic rings. The van der Waals surface area contributed by atoms with Crippen LogP contribution in [0.3, 0.4) is 0 Å². The van der Waals surface area contributed by atoms with E-state index in [0.717, 1.165) is 0 Å². The Morgan fingerprint density at radius 3 is 1.55 bits per heavy atom. The zero-order valence-corrected chi connectivity index (χ0v) is 11.7. The maximum absolute atomic E-state index is 8.31. The fourth-order valence-corrected chi connectivity index (χ4v) is 1.22. The molecule has 0 N–H and O–H groups in total. The number of hydrogen-bond acceptors (Lipinski definition) is 6. The third-order valence-corrected chi connectivity index (χ3v) is 1.97. The van der Waals surface area contributed by atoms with E-state index in [4.69, 9.17) is 30.0 Å². The highest BCUT2D eigenvalue weighted by atomic mass is 16.6. The highest BCUT2D eigenvalue weighted by Gasteiger charge is 2.07. The van der Waals surface area contributed by atoms with Gasteiger partial charge in [-0.2, -0.15) is 0 Å². The molecule has 10 heteroatoms. The zero-order chi connectivity index (χ0) is 15.1. The van der Waals surface area contributed by atoms with Gasteiger partial charge in [0, 0.05) is 23.0 Å². The van der Waals surface area contributed by atoms with Crippen molar-refractivity contribution in [1.82, 2.24) is 0 Å². The largest absolute Gasteiger partial charge is 0.376 e. The van der Waals surface area contributed by atoms with Gasteiger partial charge in [0.15, 0.2) is 12.5 Å². The van der Waals surface area contributed by atoms with Crippen LogP contribution in [0.4, 0.5) is 0 Å². The van der Waals surface area contributed by atoms with Gasteiger partial charge in [-0.05, 0) is 24.9 Å². The fraction of sp³-hybridized carbons (Fsp3) is 1.00. The maximum Gasteiger partial charge on any atom is 0.159 e. The summed E-state index contributed by atoms with van der Waals surface area (Å²) in [4.78, 5) is 5.32. The van der Waals surface area contributed by atoms with Crippen LogP contribution in [-0.2, 0) is 18.9 Å². The van der Waals surface area contributed by atoms with Gasteiger partial charge in [0.05, 0.1) is 26.4 Å². The number of azide groups is 2. The Hall–Kier alpha value is -1.54. The predicted molar refractivity (Wildman–Crippen MR) is 70.8 cm³/mol. The fourth-order valence-electron chi connectivity index (χ4n) is 1.22. The summed E-state index contributed by atoms with van der Waals surface area (Å²) in [6.45, 7) is 5.40. The second kappa shape index (κ2) is 13.9. The van der Waals surface area contributed by atoms with Crippen molar-refractivity contribution in [2.45, 2.75) is 26.3 Å². The number of hydrogen-bond donors (Lipinski definition) is 0. The van der Waals surface area contributed by atoms with Crippen LogP contribution in [0.25, 0.3) is 20.9 Å². The van der Waals surface area contributed by atoms with E-state index < -0.39 is 12.5 Å². The van der Waals surface area contributed by atoms with Crippen LogP contribution in [0.15, 0.2) is 10.2 Å². The molecule has 0 aromatic carbocycles. The van der Waals surface area contributed by atoms with Crippen molar-refractivity contribution in [3.8, 4) is 0 Å². The minimum atomic E-state index is -0.635. The molecule has 10 nitrogen and oxygen atoms in total. The summed E-state index contributed by atoms with van der Waals surface area (Å²) >= 11 is 0. The van der Waals surface area contributed by atoms with Crippen LogP contribution >= 0.6 is 0 Å². The molecule has 0 aliphatic rings. The molecule has 0 heterocycles. The van der Waals surface area contributed by atoms with Crippen LogP contribution in [0.2, 0.25) is 0 Å². The summed E-state index contributed by atoms with van der Waals surface area (Å²) in [7, 11) is 0.